The molecule has 3 aliphatic carbocycles. The normalized spacial score (nSPS) is 20.1. The molecule has 0 saturated heterocycles. The molecule has 1 saturated carbocycles. The van der Waals surface area contributed by atoms with Crippen molar-refractivity contribution in [1.29, 1.82) is 0 Å². The number of nitrogens with one attached hydrogen (secondary N) is 1. The smallest absolute Gasteiger partial charge is 0.233 e. The first-order valence-corrected chi connectivity index (χ1v) is 13.9. The van der Waals surface area contributed by atoms with Gasteiger partial charge in [-0.3, -0.25) is 0 Å². The van der Waals surface area contributed by atoms with Gasteiger partial charge in [0.15, 0.2) is 0 Å². The van der Waals surface area contributed by atoms with Crippen molar-refractivity contribution in [3.63, 3.8) is 0 Å². The van der Waals surface area contributed by atoms with Crippen molar-refractivity contribution < 1.29 is 4.57 Å². The second-order valence-corrected chi connectivity index (χ2v) is 11.9. The molecule has 0 radical (unpaired) electrons. The minimum absolute atomic E-state index is 0.418. The molecular formula is C25H29N6S2+. The fourth-order valence-electron chi connectivity index (χ4n) is 5.93. The number of nitrogens with zero attached hydrogens (tertiary/aromatic N) is 5. The number of aromatic nitrogens is 4. The largest absolute Gasteiger partial charge is 0.356 e. The highest BCUT2D eigenvalue weighted by molar-refractivity contribution is 7.19. The summed E-state index contributed by atoms with van der Waals surface area (Å²) in [5.41, 5.74) is 3.04. The number of anilines is 2. The van der Waals surface area contributed by atoms with Crippen molar-refractivity contribution in [3.05, 3.63) is 33.5 Å². The Labute approximate surface area is 201 Å². The van der Waals surface area contributed by atoms with E-state index in [0.717, 1.165) is 29.9 Å². The number of hydrogen-bond acceptors (Lipinski definition) is 7. The van der Waals surface area contributed by atoms with E-state index in [9.17, 15) is 0 Å². The predicted molar refractivity (Wildman–Crippen MR) is 136 cm³/mol. The van der Waals surface area contributed by atoms with Crippen LogP contribution >= 0.6 is 22.7 Å². The summed E-state index contributed by atoms with van der Waals surface area (Å²) in [6, 6.07) is 1.07. The van der Waals surface area contributed by atoms with E-state index in [1.807, 2.05) is 22.7 Å². The van der Waals surface area contributed by atoms with Crippen LogP contribution in [0, 0.1) is 0 Å². The molecule has 1 N–H and O–H groups in total. The van der Waals surface area contributed by atoms with Gasteiger partial charge in [0.25, 0.3) is 0 Å². The monoisotopic (exact) mass is 477 g/mol. The van der Waals surface area contributed by atoms with Crippen LogP contribution in [0.4, 0.5) is 11.6 Å². The lowest BCUT2D eigenvalue weighted by molar-refractivity contribution is -0.712. The Bertz CT molecular complexity index is 1390. The van der Waals surface area contributed by atoms with E-state index < -0.39 is 0 Å². The van der Waals surface area contributed by atoms with Crippen molar-refractivity contribution in [1.82, 2.24) is 15.0 Å². The first kappa shape index (κ1) is 20.1. The average Bonchev–Trinajstić information content (AvgIpc) is 3.53. The molecule has 0 aliphatic heterocycles. The van der Waals surface area contributed by atoms with Crippen LogP contribution in [0.2, 0.25) is 0 Å². The fourth-order valence-corrected chi connectivity index (χ4v) is 8.42. The third-order valence-electron chi connectivity index (χ3n) is 7.81. The summed E-state index contributed by atoms with van der Waals surface area (Å²) in [6.45, 7) is 0. The summed E-state index contributed by atoms with van der Waals surface area (Å²) in [7, 11) is 4.27. The summed E-state index contributed by atoms with van der Waals surface area (Å²) in [5.74, 6) is 2.39. The molecule has 1 atom stereocenters. The van der Waals surface area contributed by atoms with Gasteiger partial charge >= 0.3 is 0 Å². The van der Waals surface area contributed by atoms with Crippen molar-refractivity contribution in [3.8, 4) is 0 Å². The number of rotatable bonds is 4. The zero-order valence-electron chi connectivity index (χ0n) is 19.2. The average molecular weight is 478 g/mol. The van der Waals surface area contributed by atoms with Crippen LogP contribution in [-0.4, -0.2) is 35.1 Å². The molecule has 170 valence electrons. The highest BCUT2D eigenvalue weighted by Gasteiger charge is 2.34. The molecule has 0 spiro atoms. The fraction of sp³-hybridized carbons (Fsp3) is 0.520. The van der Waals surface area contributed by atoms with Crippen LogP contribution in [0.5, 0.6) is 0 Å². The van der Waals surface area contributed by atoms with Gasteiger partial charge in [-0.2, -0.15) is 0 Å². The molecular weight excluding hydrogens is 448 g/mol. The van der Waals surface area contributed by atoms with Gasteiger partial charge in [-0.05, 0) is 62.5 Å². The van der Waals surface area contributed by atoms with Crippen molar-refractivity contribution in [2.75, 3.05) is 24.3 Å². The van der Waals surface area contributed by atoms with Crippen LogP contribution in [0.25, 0.3) is 20.4 Å². The Morgan fingerprint density at radius 2 is 1.73 bits per heavy atom. The van der Waals surface area contributed by atoms with Gasteiger partial charge in [-0.15, -0.1) is 22.7 Å². The van der Waals surface area contributed by atoms with Gasteiger partial charge < -0.3 is 10.2 Å². The maximum Gasteiger partial charge on any atom is 0.233 e. The minimum atomic E-state index is 0.418. The molecule has 0 aromatic carbocycles. The van der Waals surface area contributed by atoms with Crippen LogP contribution in [0.15, 0.2) is 12.7 Å². The minimum Gasteiger partial charge on any atom is -0.356 e. The Balaban J connectivity index is 1.30. The number of aryl methyl sites for hydroxylation is 3. The summed E-state index contributed by atoms with van der Waals surface area (Å²) < 4.78 is 2.43. The molecule has 33 heavy (non-hydrogen) atoms. The van der Waals surface area contributed by atoms with E-state index in [-0.39, 0.29) is 0 Å². The molecule has 1 fully saturated rings. The van der Waals surface area contributed by atoms with E-state index in [2.05, 4.69) is 40.2 Å². The lowest BCUT2D eigenvalue weighted by atomic mass is 9.92. The Hall–Kier alpha value is -2.32. The molecule has 6 nitrogen and oxygen atoms in total. The van der Waals surface area contributed by atoms with Crippen molar-refractivity contribution in [2.24, 2.45) is 0 Å². The first-order valence-electron chi connectivity index (χ1n) is 12.2. The SMILES string of the molecule is CNc1c2c3c(sc2nc[n+]1C1CCc2c(sc4ncnc(N(C)C5CC5)c24)C1)CCCC3. The number of hydrogen-bond donors (Lipinski definition) is 1. The molecule has 0 bridgehead atoms. The molecule has 8 heteroatoms. The second kappa shape index (κ2) is 7.60. The predicted octanol–water partition coefficient (Wildman–Crippen LogP) is 4.84. The van der Waals surface area contributed by atoms with Crippen LogP contribution in [-0.2, 0) is 25.7 Å². The Morgan fingerprint density at radius 3 is 2.58 bits per heavy atom. The standard InChI is InChI=1S/C25H28N6S2/c1-26-22-20-16-5-3-4-6-18(16)32-25(20)29-13-31(22)15-9-10-17-19(11-15)33-24-21(17)23(27-12-28-24)30(2)14-7-8-14/h12-15H,3-11H2,1-2H3/p+1. The van der Waals surface area contributed by atoms with Gasteiger partial charge in [0.1, 0.15) is 22.4 Å². The highest BCUT2D eigenvalue weighted by atomic mass is 32.1. The summed E-state index contributed by atoms with van der Waals surface area (Å²) in [4.78, 5) is 22.1. The second-order valence-electron chi connectivity index (χ2n) is 9.76. The molecule has 4 heterocycles. The van der Waals surface area contributed by atoms with Gasteiger partial charge in [0.05, 0.1) is 11.4 Å². The zero-order chi connectivity index (χ0) is 22.1. The third-order valence-corrected chi connectivity index (χ3v) is 10.2. The number of thiophene rings is 2. The molecule has 4 aromatic rings. The maximum absolute atomic E-state index is 4.95. The van der Waals surface area contributed by atoms with E-state index >= 15 is 0 Å². The van der Waals surface area contributed by atoms with Crippen molar-refractivity contribution in [2.45, 2.75) is 69.9 Å². The lowest BCUT2D eigenvalue weighted by Crippen LogP contribution is -2.44. The van der Waals surface area contributed by atoms with Crippen LogP contribution in [0.1, 0.15) is 59.0 Å². The molecule has 3 aliphatic rings. The van der Waals surface area contributed by atoms with E-state index in [0.29, 0.717) is 12.1 Å². The molecule has 7 rings (SSSR count). The van der Waals surface area contributed by atoms with E-state index in [1.54, 1.807) is 16.8 Å². The van der Waals surface area contributed by atoms with E-state index in [1.165, 1.54) is 70.4 Å². The quantitative estimate of drug-likeness (QED) is 0.426. The van der Waals surface area contributed by atoms with Crippen molar-refractivity contribution >= 4 is 54.7 Å². The Kier molecular flexibility index (Phi) is 4.63. The van der Waals surface area contributed by atoms with Crippen LogP contribution < -0.4 is 14.8 Å². The van der Waals surface area contributed by atoms with Gasteiger partial charge in [0, 0.05) is 36.3 Å². The highest BCUT2D eigenvalue weighted by Crippen LogP contribution is 2.43. The number of fused-ring (bicyclic) bond motifs is 6. The van der Waals surface area contributed by atoms with Gasteiger partial charge in [-0.1, -0.05) is 4.98 Å². The maximum atomic E-state index is 4.95. The summed E-state index contributed by atoms with van der Waals surface area (Å²) in [5, 5.41) is 6.26. The van der Waals surface area contributed by atoms with Gasteiger partial charge in [0.2, 0.25) is 17.0 Å². The lowest BCUT2D eigenvalue weighted by Gasteiger charge is -2.24. The third kappa shape index (κ3) is 3.10. The molecule has 1 unspecified atom stereocenters. The zero-order valence-corrected chi connectivity index (χ0v) is 20.9. The summed E-state index contributed by atoms with van der Waals surface area (Å²) in [6.07, 6.45) is 14.7. The first-order chi connectivity index (χ1) is 16.2. The van der Waals surface area contributed by atoms with E-state index in [4.69, 9.17) is 9.97 Å². The topological polar surface area (TPSA) is 57.8 Å². The molecule has 0 amide bonds. The molecule has 4 aromatic heterocycles. The Morgan fingerprint density at radius 1 is 0.939 bits per heavy atom. The van der Waals surface area contributed by atoms with Gasteiger partial charge in [-0.25, -0.2) is 14.5 Å². The summed E-state index contributed by atoms with van der Waals surface area (Å²) >= 11 is 3.78. The van der Waals surface area contributed by atoms with Crippen LogP contribution in [0.3, 0.4) is 0 Å².